The molecule has 3 aromatic rings. The molecule has 2 N–H and O–H groups in total. The zero-order valence-corrected chi connectivity index (χ0v) is 15.1. The molecule has 3 heterocycles. The van der Waals surface area contributed by atoms with Crippen molar-refractivity contribution >= 4 is 5.91 Å². The molecule has 28 heavy (non-hydrogen) atoms. The molecule has 140 valence electrons. The molecular weight excluding hydrogens is 357 g/mol. The third-order valence-electron chi connectivity index (χ3n) is 4.65. The van der Waals surface area contributed by atoms with Crippen molar-refractivity contribution in [1.29, 1.82) is 0 Å². The summed E-state index contributed by atoms with van der Waals surface area (Å²) in [6, 6.07) is 10.1. The Morgan fingerprint density at radius 1 is 1.11 bits per heavy atom. The summed E-state index contributed by atoms with van der Waals surface area (Å²) < 4.78 is 15.3. The smallest absolute Gasteiger partial charge is 0.298 e. The molecule has 0 fully saturated rings. The largest absolute Gasteiger partial charge is 0.324 e. The van der Waals surface area contributed by atoms with Crippen LogP contribution in [0, 0.1) is 17.7 Å². The summed E-state index contributed by atoms with van der Waals surface area (Å²) in [5.41, 5.74) is 9.71. The van der Waals surface area contributed by atoms with E-state index in [0.717, 1.165) is 28.1 Å². The maximum atomic E-state index is 13.4. The van der Waals surface area contributed by atoms with E-state index < -0.39 is 0 Å². The topological polar surface area (TPSA) is 77.0 Å². The number of benzene rings is 1. The second kappa shape index (κ2) is 7.62. The van der Waals surface area contributed by atoms with Crippen molar-refractivity contribution in [3.63, 3.8) is 0 Å². The Labute approximate surface area is 161 Å². The van der Waals surface area contributed by atoms with E-state index in [2.05, 4.69) is 16.8 Å². The lowest BCUT2D eigenvalue weighted by Crippen LogP contribution is -2.38. The molecule has 0 aliphatic carbocycles. The lowest BCUT2D eigenvalue weighted by atomic mass is 9.99. The molecule has 6 nitrogen and oxygen atoms in total. The molecule has 1 amide bonds. The molecule has 7 heteroatoms. The Morgan fingerprint density at radius 2 is 1.86 bits per heavy atom. The van der Waals surface area contributed by atoms with Crippen LogP contribution in [0.4, 0.5) is 4.39 Å². The van der Waals surface area contributed by atoms with E-state index in [4.69, 9.17) is 10.8 Å². The van der Waals surface area contributed by atoms with Crippen LogP contribution < -0.4 is 5.73 Å². The molecule has 4 rings (SSSR count). The zero-order valence-electron chi connectivity index (χ0n) is 15.1. The third-order valence-corrected chi connectivity index (χ3v) is 4.65. The molecule has 0 saturated heterocycles. The molecule has 0 saturated carbocycles. The van der Waals surface area contributed by atoms with Crippen molar-refractivity contribution in [2.75, 3.05) is 13.1 Å². The van der Waals surface area contributed by atoms with E-state index in [0.29, 0.717) is 19.6 Å². The number of nitrogens with two attached hydrogens (primary N) is 1. The minimum atomic E-state index is -0.298. The van der Waals surface area contributed by atoms with Gasteiger partial charge in [-0.2, -0.15) is 5.10 Å². The van der Waals surface area contributed by atoms with Crippen LogP contribution >= 0.6 is 0 Å². The molecule has 0 spiro atoms. The first-order chi connectivity index (χ1) is 13.7. The van der Waals surface area contributed by atoms with Gasteiger partial charge in [-0.05, 0) is 47.9 Å². The highest BCUT2D eigenvalue weighted by Crippen LogP contribution is 2.36. The highest BCUT2D eigenvalue weighted by Gasteiger charge is 2.27. The van der Waals surface area contributed by atoms with Gasteiger partial charge in [-0.1, -0.05) is 5.92 Å². The second-order valence-corrected chi connectivity index (χ2v) is 6.37. The minimum absolute atomic E-state index is 0.147. The van der Waals surface area contributed by atoms with E-state index in [9.17, 15) is 9.18 Å². The van der Waals surface area contributed by atoms with Crippen molar-refractivity contribution < 1.29 is 9.18 Å². The van der Waals surface area contributed by atoms with Gasteiger partial charge in [0.25, 0.3) is 5.91 Å². The number of fused-ring (bicyclic) bond motifs is 1. The van der Waals surface area contributed by atoms with Gasteiger partial charge in [-0.15, -0.1) is 0 Å². The van der Waals surface area contributed by atoms with E-state index in [1.165, 1.54) is 12.1 Å². The van der Waals surface area contributed by atoms with Gasteiger partial charge in [0, 0.05) is 30.1 Å². The second-order valence-electron chi connectivity index (χ2n) is 6.37. The molecule has 1 aromatic carbocycles. The standard InChI is InChI=1S/C21H18FN5O/c22-17-5-3-16(4-6-17)21-20(15-7-10-24-11-8-15)18-14-26(12-13-27(18)25-21)19(28)2-1-9-23/h3-8,10-11H,9,12-14,23H2. The van der Waals surface area contributed by atoms with Crippen LogP contribution in [0.25, 0.3) is 22.4 Å². The van der Waals surface area contributed by atoms with Crippen LogP contribution in [-0.4, -0.2) is 38.7 Å². The van der Waals surface area contributed by atoms with Crippen LogP contribution in [-0.2, 0) is 17.9 Å². The van der Waals surface area contributed by atoms with Gasteiger partial charge < -0.3 is 10.6 Å². The highest BCUT2D eigenvalue weighted by atomic mass is 19.1. The van der Waals surface area contributed by atoms with E-state index in [-0.39, 0.29) is 18.3 Å². The molecule has 2 aromatic heterocycles. The fraction of sp³-hybridized carbons (Fsp3) is 0.190. The van der Waals surface area contributed by atoms with Crippen LogP contribution in [0.3, 0.4) is 0 Å². The van der Waals surface area contributed by atoms with Gasteiger partial charge in [0.1, 0.15) is 11.5 Å². The first-order valence-corrected chi connectivity index (χ1v) is 8.91. The number of nitrogens with zero attached hydrogens (tertiary/aromatic N) is 4. The fourth-order valence-corrected chi connectivity index (χ4v) is 3.33. The van der Waals surface area contributed by atoms with Crippen LogP contribution in [0.15, 0.2) is 48.8 Å². The first kappa shape index (κ1) is 17.9. The molecule has 0 bridgehead atoms. The van der Waals surface area contributed by atoms with Crippen molar-refractivity contribution in [2.45, 2.75) is 13.1 Å². The Bertz CT molecular complexity index is 1060. The number of pyridine rings is 1. The van der Waals surface area contributed by atoms with Gasteiger partial charge in [0.2, 0.25) is 0 Å². The summed E-state index contributed by atoms with van der Waals surface area (Å²) in [5.74, 6) is 4.64. The van der Waals surface area contributed by atoms with Gasteiger partial charge in [-0.25, -0.2) is 4.39 Å². The number of hydrogen-bond acceptors (Lipinski definition) is 4. The van der Waals surface area contributed by atoms with Crippen LogP contribution in [0.5, 0.6) is 0 Å². The average molecular weight is 375 g/mol. The summed E-state index contributed by atoms with van der Waals surface area (Å²) in [7, 11) is 0. The summed E-state index contributed by atoms with van der Waals surface area (Å²) in [6.07, 6.45) is 3.43. The highest BCUT2D eigenvalue weighted by molar-refractivity contribution is 5.94. The number of carbonyl (C=O) groups is 1. The monoisotopic (exact) mass is 375 g/mol. The Hall–Kier alpha value is -3.50. The number of hydrogen-bond donors (Lipinski definition) is 1. The lowest BCUT2D eigenvalue weighted by molar-refractivity contribution is -0.126. The summed E-state index contributed by atoms with van der Waals surface area (Å²) in [5, 5.41) is 4.76. The predicted molar refractivity (Wildman–Crippen MR) is 103 cm³/mol. The predicted octanol–water partition coefficient (Wildman–Crippen LogP) is 2.06. The first-order valence-electron chi connectivity index (χ1n) is 8.91. The summed E-state index contributed by atoms with van der Waals surface area (Å²) in [4.78, 5) is 18.1. The van der Waals surface area contributed by atoms with E-state index >= 15 is 0 Å². The quantitative estimate of drug-likeness (QED) is 0.696. The third kappa shape index (κ3) is 3.38. The summed E-state index contributed by atoms with van der Waals surface area (Å²) in [6.45, 7) is 1.62. The summed E-state index contributed by atoms with van der Waals surface area (Å²) >= 11 is 0. The minimum Gasteiger partial charge on any atom is -0.324 e. The number of rotatable bonds is 2. The van der Waals surface area contributed by atoms with E-state index in [1.807, 2.05) is 16.8 Å². The Balaban J connectivity index is 1.81. The van der Waals surface area contributed by atoms with Crippen LogP contribution in [0.2, 0.25) is 0 Å². The fourth-order valence-electron chi connectivity index (χ4n) is 3.33. The molecule has 0 unspecified atom stereocenters. The van der Waals surface area contributed by atoms with Crippen molar-refractivity contribution in [1.82, 2.24) is 19.7 Å². The van der Waals surface area contributed by atoms with Gasteiger partial charge in [0.05, 0.1) is 25.3 Å². The van der Waals surface area contributed by atoms with Gasteiger partial charge in [-0.3, -0.25) is 14.5 Å². The lowest BCUT2D eigenvalue weighted by Gasteiger charge is -2.26. The number of halogens is 1. The number of amides is 1. The number of carbonyl (C=O) groups excluding carboxylic acids is 1. The SMILES string of the molecule is NCC#CC(=O)N1CCn2nc(-c3ccc(F)cc3)c(-c3ccncc3)c2C1. The van der Waals surface area contributed by atoms with Crippen molar-refractivity contribution in [2.24, 2.45) is 5.73 Å². The molecule has 1 aliphatic heterocycles. The molecule has 0 atom stereocenters. The maximum Gasteiger partial charge on any atom is 0.298 e. The van der Waals surface area contributed by atoms with Crippen LogP contribution in [0.1, 0.15) is 5.69 Å². The molecular formula is C21H18FN5O. The number of aromatic nitrogens is 3. The normalized spacial score (nSPS) is 12.9. The zero-order chi connectivity index (χ0) is 19.5. The average Bonchev–Trinajstić information content (AvgIpc) is 3.11. The molecule has 1 aliphatic rings. The maximum absolute atomic E-state index is 13.4. The van der Waals surface area contributed by atoms with Crippen molar-refractivity contribution in [3.8, 4) is 34.2 Å². The van der Waals surface area contributed by atoms with Gasteiger partial charge in [0.15, 0.2) is 0 Å². The van der Waals surface area contributed by atoms with E-state index in [1.54, 1.807) is 29.4 Å². The Kier molecular flexibility index (Phi) is 4.87. The van der Waals surface area contributed by atoms with Gasteiger partial charge >= 0.3 is 0 Å². The van der Waals surface area contributed by atoms with Crippen molar-refractivity contribution in [3.05, 3.63) is 60.3 Å². The molecule has 0 radical (unpaired) electrons. The Morgan fingerprint density at radius 3 is 2.57 bits per heavy atom.